The topological polar surface area (TPSA) is 75.5 Å². The van der Waals surface area contributed by atoms with E-state index in [1.165, 1.54) is 0 Å². The number of rotatable bonds is 1. The van der Waals surface area contributed by atoms with Crippen molar-refractivity contribution in [3.05, 3.63) is 0 Å². The summed E-state index contributed by atoms with van der Waals surface area (Å²) in [6.45, 7) is 0. The van der Waals surface area contributed by atoms with Gasteiger partial charge in [-0.05, 0) is 18.7 Å². The predicted octanol–water partition coefficient (Wildman–Crippen LogP) is -2.72. The van der Waals surface area contributed by atoms with Gasteiger partial charge in [-0.2, -0.15) is 0 Å². The molecule has 1 rings (SSSR count). The molecule has 4 nitrogen and oxygen atoms in total. The van der Waals surface area contributed by atoms with Gasteiger partial charge in [-0.1, -0.05) is 0 Å². The Balaban J connectivity index is 0.000000810. The molecule has 1 heterocycles. The van der Waals surface area contributed by atoms with Gasteiger partial charge in [-0.15, -0.1) is 0 Å². The fraction of sp³-hybridized carbons (Fsp3) is 0.600. The molecule has 0 amide bonds. The second-order valence-electron chi connectivity index (χ2n) is 1.90. The molecule has 0 aromatic heterocycles. The number of nitrogens with zero attached hydrogens (tertiary/aromatic N) is 1. The van der Waals surface area contributed by atoms with Crippen molar-refractivity contribution in [2.75, 3.05) is 0 Å². The van der Waals surface area contributed by atoms with Crippen LogP contribution >= 0.6 is 0 Å². The normalized spacial score (nSPS) is 23.2. The zero-order valence-corrected chi connectivity index (χ0v) is 6.78. The average molecular weight is 151 g/mol. The molecule has 0 aliphatic carbocycles. The molecular weight excluding hydrogens is 146 g/mol. The van der Waals surface area contributed by atoms with Gasteiger partial charge in [-0.25, -0.2) is 0 Å². The third kappa shape index (κ3) is 2.15. The minimum absolute atomic E-state index is 0. The minimum atomic E-state index is -1.25. The molecule has 0 radical (unpaired) electrons. The van der Waals surface area contributed by atoms with Crippen LogP contribution in [0.25, 0.3) is 0 Å². The van der Waals surface area contributed by atoms with Crippen LogP contribution in [-0.2, 0) is 4.79 Å². The summed E-state index contributed by atoms with van der Waals surface area (Å²) in [6, 6.07) is -0.877. The van der Waals surface area contributed by atoms with Crippen LogP contribution in [0.15, 0.2) is 4.99 Å². The molecule has 0 aromatic rings. The molecule has 0 N–H and O–H groups in total. The molecule has 50 valence electrons. The predicted molar refractivity (Wildman–Crippen MR) is 31.2 cm³/mol. The number of hydrogen-bond donors (Lipinski definition) is 0. The molecule has 5 heteroatoms. The van der Waals surface area contributed by atoms with Crippen molar-refractivity contribution in [2.24, 2.45) is 4.99 Å². The first-order chi connectivity index (χ1) is 4.20. The maximum Gasteiger partial charge on any atom is 2.00 e. The summed E-state index contributed by atoms with van der Waals surface area (Å²) in [7, 11) is 0. The third-order valence-electron chi connectivity index (χ3n) is 1.20. The Labute approximate surface area is 74.1 Å². The largest absolute Gasteiger partial charge is 2.00 e. The van der Waals surface area contributed by atoms with Crippen molar-refractivity contribution in [2.45, 2.75) is 18.9 Å². The van der Waals surface area contributed by atoms with Gasteiger partial charge in [0.15, 0.2) is 0 Å². The first kappa shape index (κ1) is 9.71. The van der Waals surface area contributed by atoms with E-state index < -0.39 is 12.0 Å². The summed E-state index contributed by atoms with van der Waals surface area (Å²) in [5.41, 5.74) is 0. The van der Waals surface area contributed by atoms with Gasteiger partial charge in [0.25, 0.3) is 0 Å². The Morgan fingerprint density at radius 3 is 2.50 bits per heavy atom. The minimum Gasteiger partial charge on any atom is -0.862 e. The molecule has 1 aliphatic heterocycles. The van der Waals surface area contributed by atoms with Crippen molar-refractivity contribution < 1.29 is 15.0 Å². The molecule has 0 unspecified atom stereocenters. The summed E-state index contributed by atoms with van der Waals surface area (Å²) >= 11 is 0. The van der Waals surface area contributed by atoms with E-state index in [2.05, 4.69) is 4.99 Å². The van der Waals surface area contributed by atoms with Crippen LogP contribution in [0, 0.1) is 0 Å². The number of carboxylic acid groups (broad SMARTS) is 1. The van der Waals surface area contributed by atoms with Crippen LogP contribution < -0.4 is 10.2 Å². The van der Waals surface area contributed by atoms with Crippen LogP contribution in [-0.4, -0.2) is 41.0 Å². The van der Waals surface area contributed by atoms with Crippen LogP contribution in [0.1, 0.15) is 12.8 Å². The third-order valence-corrected chi connectivity index (χ3v) is 1.20. The van der Waals surface area contributed by atoms with E-state index >= 15 is 0 Å². The van der Waals surface area contributed by atoms with Gasteiger partial charge < -0.3 is 15.0 Å². The van der Waals surface area contributed by atoms with Crippen molar-refractivity contribution in [3.63, 3.8) is 0 Å². The standard InChI is InChI=1S/C5H7NO3.Mg/c7-4-2-1-3(6-4)5(8)9;/h3H,1-2H2,(H,6,7)(H,8,9);/q;+2/p-2/t3-;/m0./s1. The Kier molecular flexibility index (Phi) is 3.66. The second kappa shape index (κ2) is 3.77. The molecule has 1 atom stereocenters. The Morgan fingerprint density at radius 1 is 1.70 bits per heavy atom. The van der Waals surface area contributed by atoms with Gasteiger partial charge in [0, 0.05) is 0 Å². The van der Waals surface area contributed by atoms with Crippen molar-refractivity contribution in [1.82, 2.24) is 0 Å². The van der Waals surface area contributed by atoms with Gasteiger partial charge in [-0.3, -0.25) is 4.99 Å². The molecule has 0 fully saturated rings. The number of carboxylic acids is 1. The molecular formula is C5H5MgNO3. The molecule has 1 aliphatic rings. The second-order valence-corrected chi connectivity index (χ2v) is 1.90. The Bertz CT molecular complexity index is 168. The summed E-state index contributed by atoms with van der Waals surface area (Å²) in [5.74, 6) is -1.58. The van der Waals surface area contributed by atoms with Crippen molar-refractivity contribution in [1.29, 1.82) is 0 Å². The maximum absolute atomic E-state index is 10.3. The fourth-order valence-electron chi connectivity index (χ4n) is 0.734. The molecule has 0 spiro atoms. The zero-order valence-electron chi connectivity index (χ0n) is 5.37. The van der Waals surface area contributed by atoms with E-state index in [0.29, 0.717) is 6.42 Å². The monoisotopic (exact) mass is 151 g/mol. The van der Waals surface area contributed by atoms with E-state index in [9.17, 15) is 15.0 Å². The first-order valence-corrected chi connectivity index (χ1v) is 2.64. The van der Waals surface area contributed by atoms with Crippen LogP contribution in [0.3, 0.4) is 0 Å². The molecule has 0 saturated heterocycles. The molecule has 10 heavy (non-hydrogen) atoms. The average Bonchev–Trinajstić information content (AvgIpc) is 2.14. The number of aliphatic carboxylic acids is 1. The maximum atomic E-state index is 10.3. The molecule has 0 aromatic carbocycles. The summed E-state index contributed by atoms with van der Waals surface area (Å²) in [4.78, 5) is 13.3. The smallest absolute Gasteiger partial charge is 0.862 e. The molecule has 0 bridgehead atoms. The van der Waals surface area contributed by atoms with Gasteiger partial charge in [0.2, 0.25) is 0 Å². The van der Waals surface area contributed by atoms with Crippen LogP contribution in [0.2, 0.25) is 0 Å². The number of carbonyl (C=O) groups is 1. The summed E-state index contributed by atoms with van der Waals surface area (Å²) in [5, 5.41) is 20.3. The molecule has 0 saturated carbocycles. The number of carbonyl (C=O) groups excluding carboxylic acids is 1. The SMILES string of the molecule is O=C([O-])[C@@H]1CCC([O-])=N1.[Mg+2]. The van der Waals surface area contributed by atoms with E-state index in [-0.39, 0.29) is 35.4 Å². The van der Waals surface area contributed by atoms with Crippen molar-refractivity contribution >= 4 is 34.9 Å². The van der Waals surface area contributed by atoms with E-state index in [1.54, 1.807) is 0 Å². The zero-order chi connectivity index (χ0) is 6.85. The fourth-order valence-corrected chi connectivity index (χ4v) is 0.734. The van der Waals surface area contributed by atoms with E-state index in [4.69, 9.17) is 0 Å². The first-order valence-electron chi connectivity index (χ1n) is 2.64. The number of hydrogen-bond acceptors (Lipinski definition) is 4. The summed E-state index contributed by atoms with van der Waals surface area (Å²) < 4.78 is 0. The van der Waals surface area contributed by atoms with Gasteiger partial charge in [0.05, 0.1) is 12.0 Å². The quantitative estimate of drug-likeness (QED) is 0.382. The summed E-state index contributed by atoms with van der Waals surface area (Å²) in [6.07, 6.45) is 0.555. The van der Waals surface area contributed by atoms with E-state index in [0.717, 1.165) is 0 Å². The van der Waals surface area contributed by atoms with E-state index in [1.807, 2.05) is 0 Å². The van der Waals surface area contributed by atoms with Crippen LogP contribution in [0.5, 0.6) is 0 Å². The van der Waals surface area contributed by atoms with Gasteiger partial charge in [0.1, 0.15) is 0 Å². The number of aliphatic imine (C=N–C) groups is 1. The Hall–Kier alpha value is -0.294. The Morgan fingerprint density at radius 2 is 2.30 bits per heavy atom. The van der Waals surface area contributed by atoms with Crippen molar-refractivity contribution in [3.8, 4) is 0 Å². The van der Waals surface area contributed by atoms with Gasteiger partial charge >= 0.3 is 23.1 Å². The van der Waals surface area contributed by atoms with Crippen LogP contribution in [0.4, 0.5) is 0 Å².